The molecule has 0 aliphatic heterocycles. The van der Waals surface area contributed by atoms with E-state index in [0.717, 1.165) is 0 Å². The predicted molar refractivity (Wildman–Crippen MR) is 74.3 cm³/mol. The number of hydrogen-bond donors (Lipinski definition) is 4. The van der Waals surface area contributed by atoms with Crippen LogP contribution in [-0.2, 0) is 4.74 Å². The summed E-state index contributed by atoms with van der Waals surface area (Å²) in [7, 11) is 1.51. The largest absolute Gasteiger partial charge is 0.390 e. The average Bonchev–Trinajstić information content (AvgIpc) is 2.67. The van der Waals surface area contributed by atoms with Crippen LogP contribution in [-0.4, -0.2) is 48.2 Å². The summed E-state index contributed by atoms with van der Waals surface area (Å²) in [5, 5.41) is 24.8. The van der Waals surface area contributed by atoms with Gasteiger partial charge in [-0.2, -0.15) is 0 Å². The topological polar surface area (TPSA) is 90.8 Å². The summed E-state index contributed by atoms with van der Waals surface area (Å²) in [5.74, 6) is -0.686. The maximum absolute atomic E-state index is 13.0. The molecule has 1 aromatic rings. The molecule has 1 aliphatic rings. The number of benzene rings is 1. The van der Waals surface area contributed by atoms with E-state index in [2.05, 4.69) is 10.6 Å². The van der Waals surface area contributed by atoms with E-state index in [-0.39, 0.29) is 5.92 Å². The monoisotopic (exact) mass is 298 g/mol. The Bertz CT molecular complexity index is 500. The second kappa shape index (κ2) is 6.84. The second-order valence-electron chi connectivity index (χ2n) is 5.15. The zero-order valence-electron chi connectivity index (χ0n) is 11.6. The molecule has 1 fully saturated rings. The summed E-state index contributed by atoms with van der Waals surface area (Å²) >= 11 is 0. The predicted octanol–water partition coefficient (Wildman–Crippen LogP) is 0.704. The summed E-state index contributed by atoms with van der Waals surface area (Å²) in [6.07, 6.45) is -1.58. The lowest BCUT2D eigenvalue weighted by Crippen LogP contribution is -2.44. The third-order valence-electron chi connectivity index (χ3n) is 3.58. The molecule has 1 aromatic carbocycles. The number of amides is 2. The minimum atomic E-state index is -1.05. The highest BCUT2D eigenvalue weighted by Crippen LogP contribution is 2.27. The third kappa shape index (κ3) is 3.90. The van der Waals surface area contributed by atoms with Crippen molar-refractivity contribution in [1.82, 2.24) is 5.32 Å². The number of carbonyl (C=O) groups excluding carboxylic acids is 1. The van der Waals surface area contributed by atoms with Gasteiger partial charge in [-0.3, -0.25) is 0 Å². The van der Waals surface area contributed by atoms with E-state index in [1.165, 1.54) is 25.3 Å². The Hall–Kier alpha value is -1.70. The summed E-state index contributed by atoms with van der Waals surface area (Å²) in [4.78, 5) is 11.8. The summed E-state index contributed by atoms with van der Waals surface area (Å²) in [5.41, 5.74) is 0.314. The molecule has 0 radical (unpaired) electrons. The lowest BCUT2D eigenvalue weighted by atomic mass is 10.1. The molecule has 2 rings (SSSR count). The number of methoxy groups -OCH3 is 1. The van der Waals surface area contributed by atoms with Crippen LogP contribution in [0.4, 0.5) is 14.9 Å². The SMILES string of the molecule is COCC1CC(NC(=O)Nc2cccc(F)c2)C(O)C1O. The van der Waals surface area contributed by atoms with Crippen LogP contribution in [0.5, 0.6) is 0 Å². The van der Waals surface area contributed by atoms with Crippen molar-refractivity contribution in [3.63, 3.8) is 0 Å². The highest BCUT2D eigenvalue weighted by molar-refractivity contribution is 5.89. The van der Waals surface area contributed by atoms with Crippen molar-refractivity contribution >= 4 is 11.7 Å². The molecule has 2 amide bonds. The van der Waals surface area contributed by atoms with Crippen molar-refractivity contribution in [2.75, 3.05) is 19.0 Å². The van der Waals surface area contributed by atoms with Gasteiger partial charge in [-0.05, 0) is 24.6 Å². The average molecular weight is 298 g/mol. The van der Waals surface area contributed by atoms with Gasteiger partial charge in [0.1, 0.15) is 11.9 Å². The number of aliphatic hydroxyl groups excluding tert-OH is 2. The third-order valence-corrected chi connectivity index (χ3v) is 3.58. The van der Waals surface area contributed by atoms with Gasteiger partial charge < -0.3 is 25.6 Å². The first-order chi connectivity index (χ1) is 10.0. The van der Waals surface area contributed by atoms with Crippen LogP contribution in [0.2, 0.25) is 0 Å². The number of carbonyl (C=O) groups is 1. The Labute approximate surface area is 121 Å². The number of anilines is 1. The normalized spacial score (nSPS) is 28.4. The van der Waals surface area contributed by atoms with Crippen LogP contribution < -0.4 is 10.6 Å². The van der Waals surface area contributed by atoms with E-state index in [0.29, 0.717) is 18.7 Å². The number of rotatable bonds is 4. The minimum Gasteiger partial charge on any atom is -0.390 e. The fraction of sp³-hybridized carbons (Fsp3) is 0.500. The number of hydrogen-bond acceptors (Lipinski definition) is 4. The molecule has 0 aromatic heterocycles. The number of urea groups is 1. The molecule has 1 saturated carbocycles. The molecule has 6 nitrogen and oxygen atoms in total. The maximum atomic E-state index is 13.0. The van der Waals surface area contributed by atoms with Crippen LogP contribution >= 0.6 is 0 Å². The van der Waals surface area contributed by atoms with Gasteiger partial charge in [-0.25, -0.2) is 9.18 Å². The Morgan fingerprint density at radius 1 is 1.43 bits per heavy atom. The molecule has 0 heterocycles. The van der Waals surface area contributed by atoms with Gasteiger partial charge in [-0.1, -0.05) is 6.07 Å². The zero-order valence-corrected chi connectivity index (χ0v) is 11.6. The summed E-state index contributed by atoms with van der Waals surface area (Å²) in [6, 6.07) is 4.36. The Morgan fingerprint density at radius 3 is 2.86 bits per heavy atom. The van der Waals surface area contributed by atoms with Gasteiger partial charge in [-0.15, -0.1) is 0 Å². The fourth-order valence-corrected chi connectivity index (χ4v) is 2.55. The standard InChI is InChI=1S/C14H19FN2O4/c1-21-7-8-5-11(13(19)12(8)18)17-14(20)16-10-4-2-3-9(15)6-10/h2-4,6,8,11-13,18-19H,5,7H2,1H3,(H2,16,17,20). The first kappa shape index (κ1) is 15.7. The Kier molecular flexibility index (Phi) is 5.11. The molecule has 21 heavy (non-hydrogen) atoms. The van der Waals surface area contributed by atoms with Crippen molar-refractivity contribution < 1.29 is 24.1 Å². The van der Waals surface area contributed by atoms with Crippen molar-refractivity contribution in [3.05, 3.63) is 30.1 Å². The van der Waals surface area contributed by atoms with E-state index < -0.39 is 30.1 Å². The fourth-order valence-electron chi connectivity index (χ4n) is 2.55. The number of halogens is 1. The van der Waals surface area contributed by atoms with E-state index >= 15 is 0 Å². The first-order valence-corrected chi connectivity index (χ1v) is 6.69. The first-order valence-electron chi connectivity index (χ1n) is 6.69. The number of nitrogens with one attached hydrogen (secondary N) is 2. The van der Waals surface area contributed by atoms with Crippen LogP contribution in [0.3, 0.4) is 0 Å². The molecular formula is C14H19FN2O4. The van der Waals surface area contributed by atoms with Gasteiger partial charge in [0.05, 0.1) is 18.8 Å². The van der Waals surface area contributed by atoms with Gasteiger partial charge in [0, 0.05) is 18.7 Å². The maximum Gasteiger partial charge on any atom is 0.319 e. The zero-order chi connectivity index (χ0) is 15.4. The van der Waals surface area contributed by atoms with E-state index in [9.17, 15) is 19.4 Å². The van der Waals surface area contributed by atoms with Crippen molar-refractivity contribution in [2.45, 2.75) is 24.7 Å². The van der Waals surface area contributed by atoms with Crippen molar-refractivity contribution in [2.24, 2.45) is 5.92 Å². The Morgan fingerprint density at radius 2 is 2.19 bits per heavy atom. The molecule has 4 atom stereocenters. The van der Waals surface area contributed by atoms with Gasteiger partial charge >= 0.3 is 6.03 Å². The highest BCUT2D eigenvalue weighted by atomic mass is 19.1. The lowest BCUT2D eigenvalue weighted by Gasteiger charge is -2.18. The highest BCUT2D eigenvalue weighted by Gasteiger charge is 2.42. The van der Waals surface area contributed by atoms with Gasteiger partial charge in [0.25, 0.3) is 0 Å². The minimum absolute atomic E-state index is 0.232. The van der Waals surface area contributed by atoms with Crippen molar-refractivity contribution in [3.8, 4) is 0 Å². The van der Waals surface area contributed by atoms with Crippen LogP contribution in [0, 0.1) is 11.7 Å². The molecule has 7 heteroatoms. The van der Waals surface area contributed by atoms with E-state index in [4.69, 9.17) is 4.74 Å². The summed E-state index contributed by atoms with van der Waals surface area (Å²) < 4.78 is 18.0. The van der Waals surface area contributed by atoms with Crippen LogP contribution in [0.25, 0.3) is 0 Å². The van der Waals surface area contributed by atoms with Crippen LogP contribution in [0.15, 0.2) is 24.3 Å². The molecule has 4 N–H and O–H groups in total. The lowest BCUT2D eigenvalue weighted by molar-refractivity contribution is -0.00487. The quantitative estimate of drug-likeness (QED) is 0.659. The molecule has 1 aliphatic carbocycles. The molecule has 0 spiro atoms. The van der Waals surface area contributed by atoms with E-state index in [1.54, 1.807) is 6.07 Å². The molecule has 0 saturated heterocycles. The molecular weight excluding hydrogens is 279 g/mol. The number of aliphatic hydroxyl groups is 2. The Balaban J connectivity index is 1.91. The van der Waals surface area contributed by atoms with Gasteiger partial charge in [0.15, 0.2) is 0 Å². The van der Waals surface area contributed by atoms with Crippen molar-refractivity contribution in [1.29, 1.82) is 0 Å². The summed E-state index contributed by atoms with van der Waals surface area (Å²) in [6.45, 7) is 0.307. The smallest absolute Gasteiger partial charge is 0.319 e. The number of ether oxygens (including phenoxy) is 1. The molecule has 116 valence electrons. The second-order valence-corrected chi connectivity index (χ2v) is 5.15. The molecule has 4 unspecified atom stereocenters. The molecule has 0 bridgehead atoms. The van der Waals surface area contributed by atoms with E-state index in [1.807, 2.05) is 0 Å². The van der Waals surface area contributed by atoms with Crippen LogP contribution in [0.1, 0.15) is 6.42 Å². The van der Waals surface area contributed by atoms with Gasteiger partial charge in [0.2, 0.25) is 0 Å².